The van der Waals surface area contributed by atoms with Crippen molar-refractivity contribution in [2.75, 3.05) is 6.61 Å². The van der Waals surface area contributed by atoms with E-state index in [9.17, 15) is 14.4 Å². The van der Waals surface area contributed by atoms with E-state index < -0.39 is 11.9 Å². The van der Waals surface area contributed by atoms with Gasteiger partial charge in [-0.25, -0.2) is 9.59 Å². The van der Waals surface area contributed by atoms with Crippen molar-refractivity contribution in [2.45, 2.75) is 25.7 Å². The van der Waals surface area contributed by atoms with Crippen LogP contribution < -0.4 is 4.74 Å². The van der Waals surface area contributed by atoms with Crippen LogP contribution in [0.25, 0.3) is 0 Å². The van der Waals surface area contributed by atoms with E-state index in [4.69, 9.17) is 14.6 Å². The number of carbonyl (C=O) groups is 3. The van der Waals surface area contributed by atoms with Crippen LogP contribution in [-0.2, 0) is 14.3 Å². The van der Waals surface area contributed by atoms with Crippen molar-refractivity contribution >= 4 is 17.9 Å². The Morgan fingerprint density at radius 1 is 1.09 bits per heavy atom. The predicted octanol–water partition coefficient (Wildman–Crippen LogP) is 2.58. The minimum atomic E-state index is -1.03. The molecule has 0 saturated carbocycles. The Kier molecular flexibility index (Phi) is 7.39. The molecule has 0 saturated heterocycles. The van der Waals surface area contributed by atoms with E-state index in [1.54, 1.807) is 0 Å². The van der Waals surface area contributed by atoms with Crippen LogP contribution in [0.2, 0.25) is 0 Å². The molecular formula is C16H18O6. The summed E-state index contributed by atoms with van der Waals surface area (Å²) in [4.78, 5) is 33.0. The normalized spacial score (nSPS) is 9.82. The molecule has 0 aliphatic heterocycles. The Morgan fingerprint density at radius 3 is 2.36 bits per heavy atom. The van der Waals surface area contributed by atoms with Crippen LogP contribution in [0.1, 0.15) is 36.0 Å². The third kappa shape index (κ3) is 6.69. The van der Waals surface area contributed by atoms with Crippen LogP contribution in [0.4, 0.5) is 0 Å². The molecule has 1 rings (SSSR count). The van der Waals surface area contributed by atoms with Gasteiger partial charge in [0, 0.05) is 12.5 Å². The van der Waals surface area contributed by atoms with Crippen LogP contribution in [0, 0.1) is 0 Å². The zero-order valence-corrected chi connectivity index (χ0v) is 12.1. The highest BCUT2D eigenvalue weighted by Crippen LogP contribution is 2.13. The molecule has 0 bridgehead atoms. The lowest BCUT2D eigenvalue weighted by Gasteiger charge is -2.05. The number of esters is 2. The number of carbonyl (C=O) groups excluding carboxylic acids is 2. The maximum atomic E-state index is 11.6. The number of carboxylic acids is 1. The molecule has 22 heavy (non-hydrogen) atoms. The van der Waals surface area contributed by atoms with Crippen molar-refractivity contribution in [2.24, 2.45) is 0 Å². The molecule has 0 fully saturated rings. The summed E-state index contributed by atoms with van der Waals surface area (Å²) in [6.07, 6.45) is 3.37. The van der Waals surface area contributed by atoms with Crippen LogP contribution >= 0.6 is 0 Å². The molecule has 0 aliphatic rings. The van der Waals surface area contributed by atoms with Crippen molar-refractivity contribution in [1.82, 2.24) is 0 Å². The van der Waals surface area contributed by atoms with E-state index in [1.165, 1.54) is 24.3 Å². The van der Waals surface area contributed by atoms with Gasteiger partial charge in [-0.1, -0.05) is 6.58 Å². The molecule has 0 radical (unpaired) electrons. The fourth-order valence-corrected chi connectivity index (χ4v) is 1.63. The van der Waals surface area contributed by atoms with Crippen molar-refractivity contribution in [1.29, 1.82) is 0 Å². The smallest absolute Gasteiger partial charge is 0.335 e. The number of aromatic carboxylic acids is 1. The summed E-state index contributed by atoms with van der Waals surface area (Å²) in [5, 5.41) is 8.75. The molecule has 0 aliphatic carbocycles. The lowest BCUT2D eigenvalue weighted by molar-refractivity contribution is -0.138. The highest BCUT2D eigenvalue weighted by molar-refractivity contribution is 5.87. The molecule has 0 amide bonds. The fourth-order valence-electron chi connectivity index (χ4n) is 1.63. The second-order valence-corrected chi connectivity index (χ2v) is 4.49. The zero-order chi connectivity index (χ0) is 16.4. The number of ether oxygens (including phenoxy) is 2. The Balaban J connectivity index is 2.19. The first-order chi connectivity index (χ1) is 10.5. The van der Waals surface area contributed by atoms with Crippen LogP contribution in [0.15, 0.2) is 36.9 Å². The maximum Gasteiger partial charge on any atom is 0.335 e. The summed E-state index contributed by atoms with van der Waals surface area (Å²) >= 11 is 0. The van der Waals surface area contributed by atoms with Crippen LogP contribution in [0.5, 0.6) is 5.75 Å². The number of hydrogen-bond acceptors (Lipinski definition) is 5. The number of rotatable bonds is 9. The van der Waals surface area contributed by atoms with Gasteiger partial charge in [0.1, 0.15) is 5.75 Å². The van der Waals surface area contributed by atoms with Gasteiger partial charge in [-0.3, -0.25) is 4.79 Å². The molecule has 1 aromatic carbocycles. The third-order valence-corrected chi connectivity index (χ3v) is 2.77. The lowest BCUT2D eigenvalue weighted by Crippen LogP contribution is -2.08. The predicted molar refractivity (Wildman–Crippen MR) is 78.7 cm³/mol. The largest absolute Gasteiger partial charge is 0.478 e. The average Bonchev–Trinajstić information content (AvgIpc) is 2.50. The van der Waals surface area contributed by atoms with Crippen LogP contribution in [-0.4, -0.2) is 29.6 Å². The molecule has 0 heterocycles. The lowest BCUT2D eigenvalue weighted by atomic mass is 10.2. The summed E-state index contributed by atoms with van der Waals surface area (Å²) in [5.41, 5.74) is 0.133. The van der Waals surface area contributed by atoms with Gasteiger partial charge in [0.05, 0.1) is 12.2 Å². The van der Waals surface area contributed by atoms with E-state index in [2.05, 4.69) is 6.58 Å². The second-order valence-electron chi connectivity index (χ2n) is 4.49. The first-order valence-corrected chi connectivity index (χ1v) is 6.86. The monoisotopic (exact) mass is 306 g/mol. The first kappa shape index (κ1) is 17.4. The Morgan fingerprint density at radius 2 is 1.77 bits per heavy atom. The molecule has 1 aromatic rings. The Hall–Kier alpha value is -2.63. The minimum Gasteiger partial charge on any atom is -0.478 e. The molecule has 118 valence electrons. The minimum absolute atomic E-state index is 0.133. The van der Waals surface area contributed by atoms with Gasteiger partial charge in [-0.2, -0.15) is 0 Å². The van der Waals surface area contributed by atoms with E-state index in [-0.39, 0.29) is 18.0 Å². The number of benzene rings is 1. The molecule has 0 spiro atoms. The quantitative estimate of drug-likeness (QED) is 0.326. The van der Waals surface area contributed by atoms with E-state index >= 15 is 0 Å². The van der Waals surface area contributed by atoms with Crippen molar-refractivity contribution in [3.8, 4) is 5.75 Å². The number of hydrogen-bond donors (Lipinski definition) is 1. The maximum absolute atomic E-state index is 11.6. The SMILES string of the molecule is C=CC(=O)OCCCCCC(=O)Oc1ccc(C(=O)O)cc1. The van der Waals surface area contributed by atoms with Crippen molar-refractivity contribution < 1.29 is 29.0 Å². The molecule has 6 heteroatoms. The molecule has 0 aromatic heterocycles. The number of carboxylic acid groups (broad SMARTS) is 1. The van der Waals surface area contributed by atoms with Gasteiger partial charge in [-0.05, 0) is 43.5 Å². The molecule has 0 atom stereocenters. The highest BCUT2D eigenvalue weighted by atomic mass is 16.5. The van der Waals surface area contributed by atoms with E-state index in [1.807, 2.05) is 0 Å². The topological polar surface area (TPSA) is 89.9 Å². The van der Waals surface area contributed by atoms with Crippen molar-refractivity contribution in [3.63, 3.8) is 0 Å². The Bertz CT molecular complexity index is 532. The molecule has 6 nitrogen and oxygen atoms in total. The summed E-state index contributed by atoms with van der Waals surface area (Å²) in [5.74, 6) is -1.56. The van der Waals surface area contributed by atoms with Crippen molar-refractivity contribution in [3.05, 3.63) is 42.5 Å². The summed E-state index contributed by atoms with van der Waals surface area (Å²) in [6, 6.07) is 5.63. The Labute approximate surface area is 128 Å². The highest BCUT2D eigenvalue weighted by Gasteiger charge is 2.07. The zero-order valence-electron chi connectivity index (χ0n) is 12.1. The van der Waals surface area contributed by atoms with Crippen LogP contribution in [0.3, 0.4) is 0 Å². The summed E-state index contributed by atoms with van der Waals surface area (Å²) in [7, 11) is 0. The van der Waals surface area contributed by atoms with Gasteiger partial charge in [0.2, 0.25) is 0 Å². The summed E-state index contributed by atoms with van der Waals surface area (Å²) < 4.78 is 9.88. The summed E-state index contributed by atoms with van der Waals surface area (Å²) in [6.45, 7) is 3.59. The van der Waals surface area contributed by atoms with Gasteiger partial charge in [-0.15, -0.1) is 0 Å². The first-order valence-electron chi connectivity index (χ1n) is 6.86. The van der Waals surface area contributed by atoms with E-state index in [0.717, 1.165) is 12.5 Å². The molecule has 1 N–H and O–H groups in total. The van der Waals surface area contributed by atoms with Gasteiger partial charge in [0.25, 0.3) is 0 Å². The second kappa shape index (κ2) is 9.33. The van der Waals surface area contributed by atoms with Gasteiger partial charge >= 0.3 is 17.9 Å². The molecule has 0 unspecified atom stereocenters. The third-order valence-electron chi connectivity index (χ3n) is 2.77. The average molecular weight is 306 g/mol. The van der Waals surface area contributed by atoms with Gasteiger partial charge in [0.15, 0.2) is 0 Å². The standard InChI is InChI=1S/C16H18O6/c1-2-14(17)21-11-5-3-4-6-15(18)22-13-9-7-12(8-10-13)16(19)20/h2,7-10H,1,3-6,11H2,(H,19,20). The fraction of sp³-hybridized carbons (Fsp3) is 0.312. The van der Waals surface area contributed by atoms with Gasteiger partial charge < -0.3 is 14.6 Å². The molecular weight excluding hydrogens is 288 g/mol. The van der Waals surface area contributed by atoms with E-state index in [0.29, 0.717) is 25.2 Å². The number of unbranched alkanes of at least 4 members (excludes halogenated alkanes) is 2.